The van der Waals surface area contributed by atoms with Crippen LogP contribution in [0.1, 0.15) is 40.0 Å². The molecular formula is C12H23NO3. The van der Waals surface area contributed by atoms with Crippen molar-refractivity contribution in [3.63, 3.8) is 0 Å². The summed E-state index contributed by atoms with van der Waals surface area (Å²) in [6.45, 7) is 5.92. The molecule has 0 bridgehead atoms. The molecule has 0 spiro atoms. The van der Waals surface area contributed by atoms with Crippen molar-refractivity contribution in [2.45, 2.75) is 57.8 Å². The van der Waals surface area contributed by atoms with E-state index < -0.39 is 5.60 Å². The number of ether oxygens (including phenoxy) is 2. The van der Waals surface area contributed by atoms with Crippen LogP contribution in [0.3, 0.4) is 0 Å². The van der Waals surface area contributed by atoms with Crippen molar-refractivity contribution in [3.05, 3.63) is 0 Å². The molecule has 0 amide bonds. The third-order valence-electron chi connectivity index (χ3n) is 2.67. The minimum absolute atomic E-state index is 0.187. The van der Waals surface area contributed by atoms with Crippen LogP contribution < -0.4 is 5.32 Å². The van der Waals surface area contributed by atoms with Gasteiger partial charge >= 0.3 is 5.97 Å². The van der Waals surface area contributed by atoms with Gasteiger partial charge in [-0.1, -0.05) is 0 Å². The molecule has 94 valence electrons. The maximum atomic E-state index is 11.5. The maximum absolute atomic E-state index is 11.5. The van der Waals surface area contributed by atoms with Crippen molar-refractivity contribution >= 4 is 5.97 Å². The second kappa shape index (κ2) is 5.64. The Balaban J connectivity index is 2.18. The fraction of sp³-hybridized carbons (Fsp3) is 0.917. The van der Waals surface area contributed by atoms with Crippen LogP contribution in [0.5, 0.6) is 0 Å². The number of methoxy groups -OCH3 is 1. The standard InChI is InChI=1S/C12H23NO3/c1-12(2,3)16-11(14)8-13-9-5-6-10(7-9)15-4/h9-10,13H,5-8H2,1-4H3. The fourth-order valence-electron chi connectivity index (χ4n) is 1.94. The molecule has 1 rings (SSSR count). The molecule has 0 heterocycles. The minimum atomic E-state index is -0.399. The van der Waals surface area contributed by atoms with Crippen molar-refractivity contribution < 1.29 is 14.3 Å². The van der Waals surface area contributed by atoms with Crippen LogP contribution in [0.2, 0.25) is 0 Å². The van der Waals surface area contributed by atoms with E-state index in [1.54, 1.807) is 7.11 Å². The van der Waals surface area contributed by atoms with Gasteiger partial charge in [0.2, 0.25) is 0 Å². The summed E-state index contributed by atoms with van der Waals surface area (Å²) in [5, 5.41) is 3.21. The first-order chi connectivity index (χ1) is 7.40. The van der Waals surface area contributed by atoms with Crippen LogP contribution in [0.15, 0.2) is 0 Å². The van der Waals surface area contributed by atoms with Crippen LogP contribution >= 0.6 is 0 Å². The molecule has 16 heavy (non-hydrogen) atoms. The van der Waals surface area contributed by atoms with Gasteiger partial charge in [-0.2, -0.15) is 0 Å². The summed E-state index contributed by atoms with van der Waals surface area (Å²) >= 11 is 0. The van der Waals surface area contributed by atoms with Gasteiger partial charge in [-0.3, -0.25) is 4.79 Å². The third kappa shape index (κ3) is 4.94. The molecule has 1 saturated carbocycles. The number of rotatable bonds is 4. The normalized spacial score (nSPS) is 25.8. The molecule has 2 atom stereocenters. The zero-order valence-corrected chi connectivity index (χ0v) is 10.7. The van der Waals surface area contributed by atoms with Gasteiger partial charge in [0.15, 0.2) is 0 Å². The maximum Gasteiger partial charge on any atom is 0.320 e. The van der Waals surface area contributed by atoms with Crippen LogP contribution in [-0.2, 0) is 14.3 Å². The molecule has 1 N–H and O–H groups in total. The Morgan fingerprint density at radius 2 is 2.06 bits per heavy atom. The zero-order chi connectivity index (χ0) is 12.2. The number of carbonyl (C=O) groups excluding carboxylic acids is 1. The highest BCUT2D eigenvalue weighted by molar-refractivity contribution is 5.72. The number of hydrogen-bond donors (Lipinski definition) is 1. The van der Waals surface area contributed by atoms with E-state index in [1.807, 2.05) is 20.8 Å². The van der Waals surface area contributed by atoms with Gasteiger partial charge in [-0.25, -0.2) is 0 Å². The van der Waals surface area contributed by atoms with E-state index in [9.17, 15) is 4.79 Å². The van der Waals surface area contributed by atoms with E-state index >= 15 is 0 Å². The van der Waals surface area contributed by atoms with Crippen LogP contribution in [0.25, 0.3) is 0 Å². The van der Waals surface area contributed by atoms with Crippen molar-refractivity contribution in [1.29, 1.82) is 0 Å². The molecule has 0 saturated heterocycles. The van der Waals surface area contributed by atoms with Crippen LogP contribution in [0, 0.1) is 0 Å². The van der Waals surface area contributed by atoms with Crippen molar-refractivity contribution in [3.8, 4) is 0 Å². The molecule has 1 fully saturated rings. The third-order valence-corrected chi connectivity index (χ3v) is 2.67. The van der Waals surface area contributed by atoms with Gasteiger partial charge in [-0.15, -0.1) is 0 Å². The summed E-state index contributed by atoms with van der Waals surface area (Å²) in [5.41, 5.74) is -0.399. The Kier molecular flexibility index (Phi) is 4.74. The molecular weight excluding hydrogens is 206 g/mol. The highest BCUT2D eigenvalue weighted by Gasteiger charge is 2.25. The average Bonchev–Trinajstić information content (AvgIpc) is 2.59. The van der Waals surface area contributed by atoms with Crippen molar-refractivity contribution in [2.24, 2.45) is 0 Å². The van der Waals surface area contributed by atoms with Gasteiger partial charge in [0.25, 0.3) is 0 Å². The van der Waals surface area contributed by atoms with E-state index in [-0.39, 0.29) is 5.97 Å². The highest BCUT2D eigenvalue weighted by atomic mass is 16.6. The largest absolute Gasteiger partial charge is 0.459 e. The lowest BCUT2D eigenvalue weighted by atomic mass is 10.2. The molecule has 1 aliphatic rings. The van der Waals surface area contributed by atoms with Crippen molar-refractivity contribution in [2.75, 3.05) is 13.7 Å². The van der Waals surface area contributed by atoms with Gasteiger partial charge in [0.05, 0.1) is 12.6 Å². The number of esters is 1. The molecule has 4 nitrogen and oxygen atoms in total. The first kappa shape index (κ1) is 13.5. The molecule has 0 aromatic heterocycles. The lowest BCUT2D eigenvalue weighted by Gasteiger charge is -2.20. The van der Waals surface area contributed by atoms with E-state index in [4.69, 9.17) is 9.47 Å². The summed E-state index contributed by atoms with van der Waals surface area (Å²) in [7, 11) is 1.74. The average molecular weight is 229 g/mol. The van der Waals surface area contributed by atoms with Crippen molar-refractivity contribution in [1.82, 2.24) is 5.32 Å². The second-order valence-electron chi connectivity index (χ2n) is 5.34. The number of nitrogens with one attached hydrogen (secondary N) is 1. The predicted octanol–water partition coefficient (Wildman–Crippen LogP) is 1.49. The van der Waals surface area contributed by atoms with Gasteiger partial charge in [0.1, 0.15) is 5.60 Å². The summed E-state index contributed by atoms with van der Waals surface area (Å²) < 4.78 is 10.5. The second-order valence-corrected chi connectivity index (χ2v) is 5.34. The summed E-state index contributed by atoms with van der Waals surface area (Å²) in [6.07, 6.45) is 3.47. The molecule has 0 radical (unpaired) electrons. The molecule has 1 aliphatic carbocycles. The SMILES string of the molecule is COC1CCC(NCC(=O)OC(C)(C)C)C1. The van der Waals surface area contributed by atoms with Gasteiger partial charge in [-0.05, 0) is 40.0 Å². The van der Waals surface area contributed by atoms with Gasteiger partial charge < -0.3 is 14.8 Å². The topological polar surface area (TPSA) is 47.6 Å². The molecule has 2 unspecified atom stereocenters. The Labute approximate surface area is 97.7 Å². The fourth-order valence-corrected chi connectivity index (χ4v) is 1.94. The molecule has 0 aliphatic heterocycles. The molecule has 4 heteroatoms. The number of hydrogen-bond acceptors (Lipinski definition) is 4. The zero-order valence-electron chi connectivity index (χ0n) is 10.7. The van der Waals surface area contributed by atoms with Gasteiger partial charge in [0, 0.05) is 13.2 Å². The Morgan fingerprint density at radius 3 is 2.56 bits per heavy atom. The van der Waals surface area contributed by atoms with E-state index in [2.05, 4.69) is 5.32 Å². The lowest BCUT2D eigenvalue weighted by molar-refractivity contribution is -0.153. The van der Waals surface area contributed by atoms with Crippen LogP contribution in [-0.4, -0.2) is 37.4 Å². The Morgan fingerprint density at radius 1 is 1.38 bits per heavy atom. The highest BCUT2D eigenvalue weighted by Crippen LogP contribution is 2.21. The smallest absolute Gasteiger partial charge is 0.320 e. The predicted molar refractivity (Wildman–Crippen MR) is 62.3 cm³/mol. The van der Waals surface area contributed by atoms with E-state index in [0.717, 1.165) is 19.3 Å². The summed E-state index contributed by atoms with van der Waals surface area (Å²) in [5.74, 6) is -0.187. The quantitative estimate of drug-likeness (QED) is 0.742. The van der Waals surface area contributed by atoms with E-state index in [0.29, 0.717) is 18.7 Å². The molecule has 0 aromatic rings. The number of carbonyl (C=O) groups is 1. The molecule has 0 aromatic carbocycles. The van der Waals surface area contributed by atoms with Crippen LogP contribution in [0.4, 0.5) is 0 Å². The first-order valence-electron chi connectivity index (χ1n) is 5.89. The summed E-state index contributed by atoms with van der Waals surface area (Å²) in [6, 6.07) is 0.387. The first-order valence-corrected chi connectivity index (χ1v) is 5.89. The Hall–Kier alpha value is -0.610. The Bertz CT molecular complexity index is 235. The van der Waals surface area contributed by atoms with E-state index in [1.165, 1.54) is 0 Å². The lowest BCUT2D eigenvalue weighted by Crippen LogP contribution is -2.36. The minimum Gasteiger partial charge on any atom is -0.459 e. The summed E-state index contributed by atoms with van der Waals surface area (Å²) in [4.78, 5) is 11.5. The monoisotopic (exact) mass is 229 g/mol.